The second-order valence-corrected chi connectivity index (χ2v) is 21.6. The van der Waals surface area contributed by atoms with Crippen LogP contribution in [0.4, 0.5) is 0 Å². The van der Waals surface area contributed by atoms with Crippen LogP contribution in [0, 0.1) is 23.7 Å². The monoisotopic (exact) mass is 947 g/mol. The van der Waals surface area contributed by atoms with Crippen molar-refractivity contribution in [3.05, 3.63) is 0 Å². The summed E-state index contributed by atoms with van der Waals surface area (Å²) in [7, 11) is 0. The summed E-state index contributed by atoms with van der Waals surface area (Å²) in [6, 6.07) is 0. The average molecular weight is 948 g/mol. The molecule has 0 saturated carbocycles. The minimum atomic E-state index is 0.000682. The van der Waals surface area contributed by atoms with Gasteiger partial charge in [0, 0.05) is 0 Å². The zero-order chi connectivity index (χ0) is 49.3. The van der Waals surface area contributed by atoms with Crippen molar-refractivity contribution < 1.29 is 19.1 Å². The number of hydrogen-bond donors (Lipinski definition) is 0. The molecule has 0 aromatic heterocycles. The van der Waals surface area contributed by atoms with Gasteiger partial charge in [-0.1, -0.05) is 248 Å². The van der Waals surface area contributed by atoms with Crippen molar-refractivity contribution in [3.8, 4) is 0 Å². The lowest BCUT2D eigenvalue weighted by Crippen LogP contribution is -2.31. The first-order valence-electron chi connectivity index (χ1n) is 30.5. The Balaban J connectivity index is 4.68. The number of esters is 2. The Morgan fingerprint density at radius 3 is 0.881 bits per heavy atom. The van der Waals surface area contributed by atoms with Crippen LogP contribution in [-0.4, -0.2) is 74.2 Å². The van der Waals surface area contributed by atoms with Crippen LogP contribution in [0.15, 0.2) is 0 Å². The third-order valence-electron chi connectivity index (χ3n) is 15.2. The standard InChI is InChI=1S/C61H122N2O4/c1-9-15-19-23-27-37-46-58(47-38-28-24-20-16-10-2)54-66-60(64)56(7)44-35-31-33-41-50-63(53-43-52-62(13-5)14-6)51-42-34-32-36-45-57(8)61(65)67-55-59(48-39-29-25-21-17-11-3)49-40-30-26-22-18-12-4/h56-59H,9-55H2,1-8H3. The Bertz CT molecular complexity index is 917. The van der Waals surface area contributed by atoms with Crippen LogP contribution in [0.3, 0.4) is 0 Å². The van der Waals surface area contributed by atoms with E-state index in [4.69, 9.17) is 9.47 Å². The first-order valence-corrected chi connectivity index (χ1v) is 30.5. The predicted octanol–water partition coefficient (Wildman–Crippen LogP) is 18.5. The molecule has 6 heteroatoms. The number of carbonyl (C=O) groups excluding carboxylic acids is 2. The summed E-state index contributed by atoms with van der Waals surface area (Å²) >= 11 is 0. The molecule has 0 radical (unpaired) electrons. The first-order chi connectivity index (χ1) is 32.8. The zero-order valence-electron chi connectivity index (χ0n) is 47.1. The van der Waals surface area contributed by atoms with Crippen molar-refractivity contribution in [2.75, 3.05) is 52.5 Å². The van der Waals surface area contributed by atoms with Crippen molar-refractivity contribution in [1.29, 1.82) is 0 Å². The molecule has 400 valence electrons. The van der Waals surface area contributed by atoms with Crippen LogP contribution >= 0.6 is 0 Å². The first kappa shape index (κ1) is 65.9. The number of unbranched alkanes of at least 4 members (excludes halogenated alkanes) is 26. The fraction of sp³-hybridized carbons (Fsp3) is 0.967. The molecule has 67 heavy (non-hydrogen) atoms. The molecular weight excluding hydrogens is 825 g/mol. The molecule has 0 fully saturated rings. The molecule has 0 aromatic carbocycles. The molecule has 0 heterocycles. The van der Waals surface area contributed by atoms with Crippen molar-refractivity contribution >= 4 is 11.9 Å². The van der Waals surface area contributed by atoms with E-state index in [2.05, 4.69) is 65.2 Å². The van der Waals surface area contributed by atoms with E-state index < -0.39 is 0 Å². The maximum absolute atomic E-state index is 13.1. The van der Waals surface area contributed by atoms with E-state index in [0.29, 0.717) is 25.0 Å². The highest BCUT2D eigenvalue weighted by Gasteiger charge is 2.19. The summed E-state index contributed by atoms with van der Waals surface area (Å²) in [5, 5.41) is 0. The van der Waals surface area contributed by atoms with Crippen LogP contribution < -0.4 is 0 Å². The van der Waals surface area contributed by atoms with Gasteiger partial charge in [-0.25, -0.2) is 0 Å². The maximum Gasteiger partial charge on any atom is 0.308 e. The molecule has 0 bridgehead atoms. The zero-order valence-corrected chi connectivity index (χ0v) is 47.1. The Hall–Kier alpha value is -1.14. The van der Waals surface area contributed by atoms with Crippen molar-refractivity contribution in [2.45, 2.75) is 306 Å². The van der Waals surface area contributed by atoms with E-state index in [1.807, 2.05) is 0 Å². The van der Waals surface area contributed by atoms with Gasteiger partial charge >= 0.3 is 11.9 Å². The molecule has 0 aliphatic carbocycles. The van der Waals surface area contributed by atoms with Crippen LogP contribution in [0.2, 0.25) is 0 Å². The molecule has 6 nitrogen and oxygen atoms in total. The van der Waals surface area contributed by atoms with E-state index in [-0.39, 0.29) is 23.8 Å². The lowest BCUT2D eigenvalue weighted by Gasteiger charge is -2.25. The van der Waals surface area contributed by atoms with Crippen LogP contribution in [0.5, 0.6) is 0 Å². The molecule has 0 N–H and O–H groups in total. The van der Waals surface area contributed by atoms with Gasteiger partial charge in [0.2, 0.25) is 0 Å². The molecule has 2 unspecified atom stereocenters. The Morgan fingerprint density at radius 2 is 0.567 bits per heavy atom. The molecule has 0 aliphatic heterocycles. The number of nitrogens with zero attached hydrogens (tertiary/aromatic N) is 2. The minimum Gasteiger partial charge on any atom is -0.465 e. The van der Waals surface area contributed by atoms with Gasteiger partial charge in [0.15, 0.2) is 0 Å². The predicted molar refractivity (Wildman–Crippen MR) is 294 cm³/mol. The molecule has 0 aliphatic rings. The lowest BCUT2D eigenvalue weighted by atomic mass is 9.94. The van der Waals surface area contributed by atoms with E-state index in [0.717, 1.165) is 38.8 Å². The third-order valence-corrected chi connectivity index (χ3v) is 15.2. The second kappa shape index (κ2) is 51.2. The number of ether oxygens (including phenoxy) is 2. The highest BCUT2D eigenvalue weighted by atomic mass is 16.5. The highest BCUT2D eigenvalue weighted by molar-refractivity contribution is 5.72. The van der Waals surface area contributed by atoms with Gasteiger partial charge in [0.25, 0.3) is 0 Å². The maximum atomic E-state index is 13.1. The van der Waals surface area contributed by atoms with Crippen LogP contribution in [0.25, 0.3) is 0 Å². The molecule has 0 amide bonds. The largest absolute Gasteiger partial charge is 0.465 e. The molecular formula is C61H122N2O4. The Morgan fingerprint density at radius 1 is 0.313 bits per heavy atom. The van der Waals surface area contributed by atoms with Gasteiger partial charge < -0.3 is 19.3 Å². The molecule has 0 spiro atoms. The summed E-state index contributed by atoms with van der Waals surface area (Å²) in [6.07, 6.45) is 49.4. The molecule has 0 rings (SSSR count). The van der Waals surface area contributed by atoms with Crippen LogP contribution in [-0.2, 0) is 19.1 Å². The summed E-state index contributed by atoms with van der Waals surface area (Å²) in [6.45, 7) is 26.1. The Kier molecular flexibility index (Phi) is 50.4. The molecule has 0 aromatic rings. The summed E-state index contributed by atoms with van der Waals surface area (Å²) in [5.41, 5.74) is 0. The van der Waals surface area contributed by atoms with Gasteiger partial charge in [0.05, 0.1) is 25.0 Å². The van der Waals surface area contributed by atoms with Crippen molar-refractivity contribution in [1.82, 2.24) is 9.80 Å². The van der Waals surface area contributed by atoms with E-state index in [1.54, 1.807) is 0 Å². The van der Waals surface area contributed by atoms with Gasteiger partial charge in [0.1, 0.15) is 0 Å². The van der Waals surface area contributed by atoms with Crippen LogP contribution in [0.1, 0.15) is 306 Å². The normalized spacial score (nSPS) is 12.8. The van der Waals surface area contributed by atoms with Gasteiger partial charge in [-0.3, -0.25) is 9.59 Å². The smallest absolute Gasteiger partial charge is 0.308 e. The van der Waals surface area contributed by atoms with Gasteiger partial charge in [-0.2, -0.15) is 0 Å². The van der Waals surface area contributed by atoms with E-state index in [1.165, 1.54) is 251 Å². The third kappa shape index (κ3) is 43.4. The van der Waals surface area contributed by atoms with Gasteiger partial charge in [-0.05, 0) is 109 Å². The highest BCUT2D eigenvalue weighted by Crippen LogP contribution is 2.23. The molecule has 2 atom stereocenters. The number of carbonyl (C=O) groups is 2. The topological polar surface area (TPSA) is 59.1 Å². The quantitative estimate of drug-likeness (QED) is 0.0447. The lowest BCUT2D eigenvalue weighted by molar-refractivity contribution is -0.150. The fourth-order valence-corrected chi connectivity index (χ4v) is 10.1. The number of rotatable bonds is 54. The van der Waals surface area contributed by atoms with E-state index >= 15 is 0 Å². The Labute approximate surface area is 421 Å². The van der Waals surface area contributed by atoms with E-state index in [9.17, 15) is 9.59 Å². The van der Waals surface area contributed by atoms with Gasteiger partial charge in [-0.15, -0.1) is 0 Å². The second-order valence-electron chi connectivity index (χ2n) is 21.6. The van der Waals surface area contributed by atoms with Crippen molar-refractivity contribution in [3.63, 3.8) is 0 Å². The average Bonchev–Trinajstić information content (AvgIpc) is 3.33. The van der Waals surface area contributed by atoms with Crippen molar-refractivity contribution in [2.24, 2.45) is 23.7 Å². The molecule has 0 saturated heterocycles. The SMILES string of the molecule is CCCCCCCCC(CCCCCCCC)COC(=O)C(C)CCCCCCN(CCCCCCC(C)C(=O)OCC(CCCCCCCC)CCCCCCCC)CCCN(CC)CC. The summed E-state index contributed by atoms with van der Waals surface area (Å²) in [4.78, 5) is 31.4. The minimum absolute atomic E-state index is 0.000682. The summed E-state index contributed by atoms with van der Waals surface area (Å²) in [5.74, 6) is 1.13. The number of hydrogen-bond acceptors (Lipinski definition) is 6. The fourth-order valence-electron chi connectivity index (χ4n) is 10.1. The summed E-state index contributed by atoms with van der Waals surface area (Å²) < 4.78 is 12.0.